The maximum atomic E-state index is 13.2. The molecule has 8 rings (SSSR count). The predicted molar refractivity (Wildman–Crippen MR) is 332 cm³/mol. The Kier molecular flexibility index (Phi) is 32.1. The van der Waals surface area contributed by atoms with Gasteiger partial charge in [0.25, 0.3) is 0 Å². The van der Waals surface area contributed by atoms with Crippen molar-refractivity contribution in [2.24, 2.45) is 63.1 Å². The standard InChI is InChI=1S/C54H105N15O26.CH4.H3N/c55-10-21-33(73)20(70)9-27(84-21)90-44-25(88-51(40(44)80)94-46-31(71)16(59)7-18(61)42(46)91-48-28(63)37(77)34(74)22(11-56)85-48)14-68-53(82)66-5-3-1-2-4-6-67-54(83)69-15-26-45(93-50-30(65)39(79)36(76)24(13-58)87-50)41(81)52(89-26)95-47-32(72)17(60)8-19(62)43(47)92-49-29(64)38(78)35(75)23(12-57)86-49;;/h16-52,70-81H,1-15,55-65H2,(H2,66,68,82)(H2,67,69,83);1H4;1H3/t16-,17+,18?,19?,20?,21+,22?,23?,24-,25-,26-,27-,28?,29?,30?,31?,32+,33?,34?,35?,36?,37-,38-,39?,40+,41?,42?,43?,44?,45?,46-,47?,48-,49+,50+,51+,52+;;/m1../s1. The number of nitrogens with two attached hydrogens (primary N) is 11. The maximum absolute atomic E-state index is 13.2. The molecule has 2 aliphatic carbocycles. The number of carbonyl (C=O) groups is 2. The summed E-state index contributed by atoms with van der Waals surface area (Å²) in [5, 5.41) is 142. The second kappa shape index (κ2) is 37.5. The van der Waals surface area contributed by atoms with Gasteiger partial charge in [0, 0.05) is 82.9 Å². The van der Waals surface area contributed by atoms with E-state index in [1.807, 2.05) is 0 Å². The lowest BCUT2D eigenvalue weighted by molar-refractivity contribution is -0.306. The van der Waals surface area contributed by atoms with Crippen molar-refractivity contribution in [3.05, 3.63) is 0 Å². The molecule has 42 heteroatoms. The summed E-state index contributed by atoms with van der Waals surface area (Å²) in [6.45, 7) is -1.18. The molecule has 0 aromatic rings. The third-order valence-corrected chi connectivity index (χ3v) is 18.8. The zero-order valence-corrected chi connectivity index (χ0v) is 53.1. The normalized spacial score (nSPS) is 47.1. The first-order chi connectivity index (χ1) is 45.1. The van der Waals surface area contributed by atoms with Crippen LogP contribution in [0.2, 0.25) is 0 Å². The number of hydrogen-bond donors (Lipinski definition) is 28. The average Bonchev–Trinajstić information content (AvgIpc) is 1.50. The molecule has 6 aliphatic heterocycles. The van der Waals surface area contributed by atoms with Gasteiger partial charge in [-0.25, -0.2) is 9.59 Å². The van der Waals surface area contributed by atoms with Gasteiger partial charge in [0.1, 0.15) is 128 Å². The maximum Gasteiger partial charge on any atom is 0.314 e. The molecule has 37 atom stereocenters. The second-order valence-corrected chi connectivity index (χ2v) is 25.6. The summed E-state index contributed by atoms with van der Waals surface area (Å²) in [6.07, 6.45) is -40.2. The quantitative estimate of drug-likeness (QED) is 0.0340. The summed E-state index contributed by atoms with van der Waals surface area (Å²) in [4.78, 5) is 26.4. The van der Waals surface area contributed by atoms with Crippen molar-refractivity contribution < 1.29 is 128 Å². The fourth-order valence-electron chi connectivity index (χ4n) is 13.0. The van der Waals surface area contributed by atoms with E-state index in [2.05, 4.69) is 21.3 Å². The van der Waals surface area contributed by atoms with Gasteiger partial charge in [0.05, 0.1) is 36.4 Å². The molecule has 6 saturated heterocycles. The third-order valence-electron chi connectivity index (χ3n) is 18.8. The van der Waals surface area contributed by atoms with Crippen LogP contribution >= 0.6 is 0 Å². The molecule has 20 unspecified atom stereocenters. The molecule has 8 fully saturated rings. The molecule has 0 aromatic heterocycles. The average molecular weight is 1410 g/mol. The van der Waals surface area contributed by atoms with Gasteiger partial charge in [0.15, 0.2) is 37.7 Å². The Balaban J connectivity index is 0.00000743. The highest BCUT2D eigenvalue weighted by Crippen LogP contribution is 2.37. The molecule has 6 heterocycles. The van der Waals surface area contributed by atoms with E-state index in [0.29, 0.717) is 25.7 Å². The van der Waals surface area contributed by atoms with Crippen LogP contribution in [0.5, 0.6) is 0 Å². The molecule has 97 heavy (non-hydrogen) atoms. The highest BCUT2D eigenvalue weighted by atomic mass is 16.8. The number of carbonyl (C=O) groups excluding carboxylic acids is 2. The minimum absolute atomic E-state index is 0. The van der Waals surface area contributed by atoms with Gasteiger partial charge >= 0.3 is 12.1 Å². The molecular formula is C55H112N16O26. The Bertz CT molecular complexity index is 2360. The van der Waals surface area contributed by atoms with Gasteiger partial charge in [-0.1, -0.05) is 20.3 Å². The van der Waals surface area contributed by atoms with E-state index in [4.69, 9.17) is 120 Å². The van der Waals surface area contributed by atoms with Crippen molar-refractivity contribution in [2.45, 2.75) is 279 Å². The van der Waals surface area contributed by atoms with Gasteiger partial charge in [0.2, 0.25) is 0 Å². The predicted octanol–water partition coefficient (Wildman–Crippen LogP) is -14.7. The van der Waals surface area contributed by atoms with Crippen LogP contribution in [0.3, 0.4) is 0 Å². The summed E-state index contributed by atoms with van der Waals surface area (Å²) < 4.78 is 72.4. The Morgan fingerprint density at radius 2 is 0.660 bits per heavy atom. The topological polar surface area (TPSA) is 757 Å². The summed E-state index contributed by atoms with van der Waals surface area (Å²) in [7, 11) is 0. The van der Waals surface area contributed by atoms with E-state index in [9.17, 15) is 70.9 Å². The Morgan fingerprint density at radius 1 is 0.340 bits per heavy atom. The number of hydrogen-bond acceptors (Lipinski definition) is 38. The van der Waals surface area contributed by atoms with Crippen LogP contribution in [-0.4, -0.2) is 352 Å². The number of rotatable bonds is 27. The van der Waals surface area contributed by atoms with E-state index in [1.165, 1.54) is 0 Å². The zero-order valence-electron chi connectivity index (χ0n) is 53.1. The molecule has 8 aliphatic rings. The van der Waals surface area contributed by atoms with E-state index in [-0.39, 0.29) is 85.2 Å². The molecule has 0 spiro atoms. The van der Waals surface area contributed by atoms with Crippen LogP contribution in [0.25, 0.3) is 0 Å². The molecule has 568 valence electrons. The van der Waals surface area contributed by atoms with Gasteiger partial charge < -0.3 is 209 Å². The lowest BCUT2D eigenvalue weighted by atomic mass is 9.84. The zero-order chi connectivity index (χ0) is 69.4. The minimum Gasteiger partial charge on any atom is -0.390 e. The minimum atomic E-state index is -1.75. The molecular weight excluding hydrogens is 1300 g/mol. The number of nitrogens with one attached hydrogen (secondary N) is 4. The molecule has 4 amide bonds. The summed E-state index contributed by atoms with van der Waals surface area (Å²) in [6, 6.07) is -9.17. The van der Waals surface area contributed by atoms with Crippen LogP contribution in [0.4, 0.5) is 9.59 Å². The number of amides is 4. The van der Waals surface area contributed by atoms with Crippen LogP contribution in [-0.2, 0) is 56.8 Å². The van der Waals surface area contributed by atoms with Gasteiger partial charge in [-0.05, 0) is 25.7 Å². The number of aliphatic hydroxyl groups excluding tert-OH is 12. The van der Waals surface area contributed by atoms with Gasteiger partial charge in [-0.15, -0.1) is 0 Å². The van der Waals surface area contributed by atoms with Crippen LogP contribution < -0.4 is 90.5 Å². The fraction of sp³-hybridized carbons (Fsp3) is 0.964. The smallest absolute Gasteiger partial charge is 0.314 e. The summed E-state index contributed by atoms with van der Waals surface area (Å²) >= 11 is 0. The van der Waals surface area contributed by atoms with Crippen molar-refractivity contribution in [1.82, 2.24) is 27.4 Å². The Morgan fingerprint density at radius 3 is 1.02 bits per heavy atom. The number of unbranched alkanes of at least 4 members (excludes halogenated alkanes) is 3. The first-order valence-corrected chi connectivity index (χ1v) is 32.3. The van der Waals surface area contributed by atoms with Gasteiger partial charge in [-0.2, -0.15) is 0 Å². The second-order valence-electron chi connectivity index (χ2n) is 25.6. The fourth-order valence-corrected chi connectivity index (χ4v) is 13.0. The van der Waals surface area contributed by atoms with Crippen molar-refractivity contribution in [1.29, 1.82) is 0 Å². The first-order valence-electron chi connectivity index (χ1n) is 32.3. The lowest BCUT2D eigenvalue weighted by Gasteiger charge is -2.47. The Hall–Kier alpha value is -2.90. The monoisotopic (exact) mass is 1410 g/mol. The van der Waals surface area contributed by atoms with Crippen molar-refractivity contribution in [2.75, 3.05) is 52.4 Å². The highest BCUT2D eigenvalue weighted by Gasteiger charge is 2.57. The van der Waals surface area contributed by atoms with E-state index < -0.39 is 239 Å². The van der Waals surface area contributed by atoms with E-state index in [1.54, 1.807) is 0 Å². The number of urea groups is 2. The largest absolute Gasteiger partial charge is 0.390 e. The van der Waals surface area contributed by atoms with Crippen molar-refractivity contribution >= 4 is 12.1 Å². The summed E-state index contributed by atoms with van der Waals surface area (Å²) in [5.41, 5.74) is 67.2. The van der Waals surface area contributed by atoms with Crippen LogP contribution in [0.15, 0.2) is 0 Å². The molecule has 42 nitrogen and oxygen atoms in total. The molecule has 0 bridgehead atoms. The molecule has 0 radical (unpaired) electrons. The molecule has 0 aromatic carbocycles. The number of ether oxygens (including phenoxy) is 12. The third kappa shape index (κ3) is 19.7. The van der Waals surface area contributed by atoms with Crippen molar-refractivity contribution in [3.63, 3.8) is 0 Å². The van der Waals surface area contributed by atoms with E-state index >= 15 is 0 Å². The lowest BCUT2D eigenvalue weighted by Crippen LogP contribution is -2.68. The van der Waals surface area contributed by atoms with Crippen molar-refractivity contribution in [3.8, 4) is 0 Å². The molecule has 2 saturated carbocycles. The van der Waals surface area contributed by atoms with Crippen LogP contribution in [0, 0.1) is 0 Å². The van der Waals surface area contributed by atoms with Gasteiger partial charge in [-0.3, -0.25) is 0 Å². The molecule has 41 N–H and O–H groups in total. The summed E-state index contributed by atoms with van der Waals surface area (Å²) in [5.74, 6) is 0. The SMILES string of the molecule is C.N.NCC1O[C@H](OC2C(N)C[C@@H](N)C(O)[C@H]2O[C@@H]2O[C@H](CNC(=O)NCCCCCCNC(=O)NC[C@H]3O[C@@H](OC4C(O[C@@H]5OC(CN)C(O)[C@H](O)C5N)C(N)C[C@H](N)[C@@H]4O)C(O)C3O[C@@H]3O[C@H](CN)C(O)C(O)C3N)C(O[C@@H]3CC(O)C(O)[C@H](CN)O3)[C@@H]2O)C(N)[C@@H](O)C1O. The highest BCUT2D eigenvalue weighted by molar-refractivity contribution is 5.74. The Labute approximate surface area is 560 Å². The van der Waals surface area contributed by atoms with Crippen LogP contribution in [0.1, 0.15) is 52.4 Å². The first kappa shape index (κ1) is 83.1. The number of aliphatic hydroxyl groups is 12. The van der Waals surface area contributed by atoms with E-state index in [0.717, 1.165) is 0 Å².